The second kappa shape index (κ2) is 8.93. The third-order valence-corrected chi connectivity index (χ3v) is 7.47. The summed E-state index contributed by atoms with van der Waals surface area (Å²) in [5, 5.41) is 6.75. The number of rotatable bonds is 7. The number of aromatic nitrogens is 3. The van der Waals surface area contributed by atoms with Gasteiger partial charge in [-0.2, -0.15) is 4.98 Å². The Hall–Kier alpha value is -3.27. The Bertz CT molecular complexity index is 1260. The quantitative estimate of drug-likeness (QED) is 0.546. The van der Waals surface area contributed by atoms with Gasteiger partial charge in [0.15, 0.2) is 0 Å². The number of amides is 2. The third-order valence-electron chi connectivity index (χ3n) is 6.15. The predicted octanol–water partition coefficient (Wildman–Crippen LogP) is 3.19. The van der Waals surface area contributed by atoms with Gasteiger partial charge in [0.05, 0.1) is 5.75 Å². The molecule has 0 fully saturated rings. The number of anilines is 1. The van der Waals surface area contributed by atoms with Crippen LogP contribution in [-0.2, 0) is 42.1 Å². The van der Waals surface area contributed by atoms with Crippen molar-refractivity contribution in [1.82, 2.24) is 19.8 Å². The van der Waals surface area contributed by atoms with Crippen molar-refractivity contribution < 1.29 is 17.7 Å². The Kier molecular flexibility index (Phi) is 5.84. The molecular formula is C23H25N5O4S. The molecule has 0 saturated heterocycles. The molecule has 2 amide bonds. The zero-order valence-electron chi connectivity index (χ0n) is 18.1. The molecular weight excluding hydrogens is 442 g/mol. The first-order chi connectivity index (χ1) is 16.0. The minimum atomic E-state index is -3.81. The van der Waals surface area contributed by atoms with Crippen molar-refractivity contribution >= 4 is 21.7 Å². The van der Waals surface area contributed by atoms with Crippen LogP contribution in [0.2, 0.25) is 0 Å². The van der Waals surface area contributed by atoms with E-state index in [1.807, 2.05) is 6.07 Å². The lowest BCUT2D eigenvalue weighted by molar-refractivity contribution is 0.256. The van der Waals surface area contributed by atoms with Crippen LogP contribution in [0.15, 0.2) is 35.1 Å². The number of sulfonamides is 1. The first kappa shape index (κ1) is 21.6. The summed E-state index contributed by atoms with van der Waals surface area (Å²) in [7, 11) is -3.81. The van der Waals surface area contributed by atoms with Crippen LogP contribution in [0.25, 0.3) is 11.4 Å². The van der Waals surface area contributed by atoms with E-state index in [0.29, 0.717) is 11.7 Å². The fourth-order valence-electron chi connectivity index (χ4n) is 4.68. The number of carbonyl (C=O) groups excluding carboxylic acids is 1. The molecule has 0 saturated carbocycles. The summed E-state index contributed by atoms with van der Waals surface area (Å²) >= 11 is 0. The Morgan fingerprint density at radius 2 is 1.85 bits per heavy atom. The van der Waals surface area contributed by atoms with E-state index in [2.05, 4.69) is 31.2 Å². The van der Waals surface area contributed by atoms with Crippen LogP contribution in [0.4, 0.5) is 10.5 Å². The minimum Gasteiger partial charge on any atom is -0.339 e. The van der Waals surface area contributed by atoms with E-state index in [-0.39, 0.29) is 18.6 Å². The Morgan fingerprint density at radius 3 is 2.55 bits per heavy atom. The number of pyridine rings is 1. The van der Waals surface area contributed by atoms with E-state index >= 15 is 0 Å². The topological polar surface area (TPSA) is 127 Å². The monoisotopic (exact) mass is 467 g/mol. The number of hydrogen-bond donors (Lipinski definition) is 2. The molecule has 2 heterocycles. The number of nitrogens with zero attached hydrogens (tertiary/aromatic N) is 3. The van der Waals surface area contributed by atoms with E-state index < -0.39 is 16.1 Å². The van der Waals surface area contributed by atoms with E-state index in [1.165, 1.54) is 11.1 Å². The molecule has 2 aliphatic carbocycles. The van der Waals surface area contributed by atoms with Gasteiger partial charge in [-0.15, -0.1) is 0 Å². The predicted molar refractivity (Wildman–Crippen MR) is 122 cm³/mol. The molecule has 1 aromatic carbocycles. The normalized spacial score (nSPS) is 14.7. The molecule has 2 aliphatic rings. The summed E-state index contributed by atoms with van der Waals surface area (Å²) in [5.41, 5.74) is 6.40. The van der Waals surface area contributed by atoms with E-state index in [4.69, 9.17) is 4.52 Å². The van der Waals surface area contributed by atoms with Crippen molar-refractivity contribution in [3.63, 3.8) is 0 Å². The molecule has 2 aromatic heterocycles. The van der Waals surface area contributed by atoms with Crippen molar-refractivity contribution in [2.45, 2.75) is 51.4 Å². The maximum Gasteiger partial charge on any atom is 0.332 e. The number of benzene rings is 1. The van der Waals surface area contributed by atoms with Gasteiger partial charge in [-0.3, -0.25) is 4.98 Å². The summed E-state index contributed by atoms with van der Waals surface area (Å²) in [5.74, 6) is 0.515. The highest BCUT2D eigenvalue weighted by Gasteiger charge is 2.26. The van der Waals surface area contributed by atoms with Gasteiger partial charge in [0.2, 0.25) is 21.7 Å². The minimum absolute atomic E-state index is 0.226. The number of aryl methyl sites for hydroxylation is 3. The second-order valence-electron chi connectivity index (χ2n) is 8.47. The second-order valence-corrected chi connectivity index (χ2v) is 10.3. The average Bonchev–Trinajstić information content (AvgIpc) is 3.54. The highest BCUT2D eigenvalue weighted by molar-refractivity contribution is 7.90. The Balaban J connectivity index is 1.18. The molecule has 0 spiro atoms. The van der Waals surface area contributed by atoms with Crippen LogP contribution in [0.5, 0.6) is 0 Å². The number of carbonyl (C=O) groups is 1. The highest BCUT2D eigenvalue weighted by Crippen LogP contribution is 2.38. The van der Waals surface area contributed by atoms with Gasteiger partial charge in [0.1, 0.15) is 0 Å². The molecule has 5 rings (SSSR count). The van der Waals surface area contributed by atoms with Crippen LogP contribution < -0.4 is 10.0 Å². The van der Waals surface area contributed by atoms with Crippen LogP contribution in [0, 0.1) is 0 Å². The highest BCUT2D eigenvalue weighted by atomic mass is 32.2. The van der Waals surface area contributed by atoms with E-state index in [9.17, 15) is 13.2 Å². The summed E-state index contributed by atoms with van der Waals surface area (Å²) in [4.78, 5) is 20.9. The van der Waals surface area contributed by atoms with Crippen molar-refractivity contribution in [2.75, 3.05) is 11.1 Å². The van der Waals surface area contributed by atoms with Gasteiger partial charge in [-0.1, -0.05) is 11.2 Å². The van der Waals surface area contributed by atoms with E-state index in [1.54, 1.807) is 18.5 Å². The van der Waals surface area contributed by atoms with E-state index in [0.717, 1.165) is 60.9 Å². The van der Waals surface area contributed by atoms with Crippen molar-refractivity contribution in [2.24, 2.45) is 0 Å². The number of hydrogen-bond acceptors (Lipinski definition) is 7. The summed E-state index contributed by atoms with van der Waals surface area (Å²) in [6.07, 6.45) is 9.77. The molecule has 3 aromatic rings. The Morgan fingerprint density at radius 1 is 1.09 bits per heavy atom. The molecule has 33 heavy (non-hydrogen) atoms. The number of nitrogens with one attached hydrogen (secondary N) is 2. The summed E-state index contributed by atoms with van der Waals surface area (Å²) < 4.78 is 32.3. The fraction of sp³-hybridized carbons (Fsp3) is 0.391. The molecule has 2 N–H and O–H groups in total. The smallest absolute Gasteiger partial charge is 0.332 e. The zero-order valence-corrected chi connectivity index (χ0v) is 19.0. The standard InChI is InChI=1S/C23H25N5O4S/c29-23(26-21-18-8-1-5-15(18)13-16-6-2-9-19(16)21)28-33(30,31)12-4-10-20-25-22(27-32-20)17-7-3-11-24-14-17/h3,7,11,13-14H,1-2,4-6,8-10,12H2,(H2,26,28,29). The molecule has 9 nitrogen and oxygen atoms in total. The average molecular weight is 468 g/mol. The first-order valence-corrected chi connectivity index (χ1v) is 12.8. The lowest BCUT2D eigenvalue weighted by Gasteiger charge is -2.16. The molecule has 0 radical (unpaired) electrons. The van der Waals surface area contributed by atoms with Gasteiger partial charge in [0.25, 0.3) is 0 Å². The summed E-state index contributed by atoms with van der Waals surface area (Å²) in [6.45, 7) is 0. The zero-order chi connectivity index (χ0) is 22.8. The van der Waals surface area contributed by atoms with Gasteiger partial charge < -0.3 is 9.84 Å². The lowest BCUT2D eigenvalue weighted by atomic mass is 9.99. The van der Waals surface area contributed by atoms with Crippen LogP contribution in [0.1, 0.15) is 47.4 Å². The van der Waals surface area contributed by atoms with Crippen LogP contribution >= 0.6 is 0 Å². The molecule has 0 atom stereocenters. The van der Waals surface area contributed by atoms with Gasteiger partial charge in [0, 0.05) is 30.1 Å². The maximum atomic E-state index is 12.6. The van der Waals surface area contributed by atoms with Gasteiger partial charge in [-0.05, 0) is 79.3 Å². The van der Waals surface area contributed by atoms with Crippen molar-refractivity contribution in [3.05, 3.63) is 58.7 Å². The molecule has 172 valence electrons. The molecule has 0 bridgehead atoms. The molecule has 0 unspecified atom stereocenters. The van der Waals surface area contributed by atoms with Crippen LogP contribution in [-0.4, -0.2) is 35.3 Å². The first-order valence-electron chi connectivity index (χ1n) is 11.2. The van der Waals surface area contributed by atoms with Gasteiger partial charge in [-0.25, -0.2) is 17.9 Å². The maximum absolute atomic E-state index is 12.6. The summed E-state index contributed by atoms with van der Waals surface area (Å²) in [6, 6.07) is 5.14. The van der Waals surface area contributed by atoms with Gasteiger partial charge >= 0.3 is 6.03 Å². The lowest BCUT2D eigenvalue weighted by Crippen LogP contribution is -2.36. The van der Waals surface area contributed by atoms with Crippen molar-refractivity contribution in [3.8, 4) is 11.4 Å². The van der Waals surface area contributed by atoms with Crippen molar-refractivity contribution in [1.29, 1.82) is 0 Å². The SMILES string of the molecule is O=C(Nc1c2c(cc3c1CCC3)CCC2)NS(=O)(=O)CCCc1nc(-c2cccnc2)no1. The third kappa shape index (κ3) is 4.75. The number of urea groups is 1. The number of fused-ring (bicyclic) bond motifs is 2. The van der Waals surface area contributed by atoms with Crippen LogP contribution in [0.3, 0.4) is 0 Å². The Labute approximate surface area is 192 Å². The fourth-order valence-corrected chi connectivity index (χ4v) is 5.64. The largest absolute Gasteiger partial charge is 0.339 e. The molecule has 10 heteroatoms. The molecule has 0 aliphatic heterocycles.